The van der Waals surface area contributed by atoms with Gasteiger partial charge in [-0.25, -0.2) is 0 Å². The average Bonchev–Trinajstić information content (AvgIpc) is 2.46. The molecule has 2 N–H and O–H groups in total. The third-order valence-electron chi connectivity index (χ3n) is 3.15. The molecule has 0 fully saturated rings. The van der Waals surface area contributed by atoms with Gasteiger partial charge >= 0.3 is 5.97 Å². The van der Waals surface area contributed by atoms with Gasteiger partial charge in [-0.15, -0.1) is 0 Å². The number of nitrogens with zero attached hydrogens (tertiary/aromatic N) is 1. The van der Waals surface area contributed by atoms with E-state index >= 15 is 0 Å². The maximum absolute atomic E-state index is 10.6. The standard InChI is InChI=1S/C15H23NO4/c1-20-14-5-3-13(4-6-14)7-10-16(9-2-12-17)11-8-15(18)19/h3-6,17H,2,7-12H2,1H3,(H,18,19). The minimum Gasteiger partial charge on any atom is -0.497 e. The molecule has 20 heavy (non-hydrogen) atoms. The Bertz CT molecular complexity index is 391. The summed E-state index contributed by atoms with van der Waals surface area (Å²) < 4.78 is 5.11. The van der Waals surface area contributed by atoms with Crippen LogP contribution in [0, 0.1) is 0 Å². The van der Waals surface area contributed by atoms with E-state index in [4.69, 9.17) is 14.9 Å². The number of aliphatic hydroxyl groups excluding tert-OH is 1. The first-order valence-corrected chi connectivity index (χ1v) is 6.83. The van der Waals surface area contributed by atoms with Gasteiger partial charge in [-0.1, -0.05) is 12.1 Å². The second-order valence-corrected chi connectivity index (χ2v) is 4.66. The lowest BCUT2D eigenvalue weighted by molar-refractivity contribution is -0.137. The number of carbonyl (C=O) groups is 1. The van der Waals surface area contributed by atoms with E-state index in [1.807, 2.05) is 24.3 Å². The van der Waals surface area contributed by atoms with Crippen molar-refractivity contribution in [3.63, 3.8) is 0 Å². The Morgan fingerprint density at radius 1 is 1.20 bits per heavy atom. The molecule has 1 aromatic carbocycles. The van der Waals surface area contributed by atoms with E-state index in [0.717, 1.165) is 25.3 Å². The molecule has 0 saturated carbocycles. The quantitative estimate of drug-likeness (QED) is 0.678. The molecule has 1 aromatic rings. The van der Waals surface area contributed by atoms with Crippen LogP contribution in [-0.2, 0) is 11.2 Å². The fourth-order valence-corrected chi connectivity index (χ4v) is 1.96. The van der Waals surface area contributed by atoms with Crippen LogP contribution < -0.4 is 4.74 Å². The zero-order valence-corrected chi connectivity index (χ0v) is 11.9. The SMILES string of the molecule is COc1ccc(CCN(CCCO)CCC(=O)O)cc1. The van der Waals surface area contributed by atoms with Crippen LogP contribution in [-0.4, -0.2) is 54.4 Å². The van der Waals surface area contributed by atoms with Crippen molar-refractivity contribution < 1.29 is 19.7 Å². The number of benzene rings is 1. The highest BCUT2D eigenvalue weighted by molar-refractivity contribution is 5.66. The van der Waals surface area contributed by atoms with Crippen LogP contribution >= 0.6 is 0 Å². The molecule has 0 amide bonds. The third-order valence-corrected chi connectivity index (χ3v) is 3.15. The van der Waals surface area contributed by atoms with Crippen LogP contribution in [0.15, 0.2) is 24.3 Å². The molecule has 0 radical (unpaired) electrons. The molecule has 1 rings (SSSR count). The first kappa shape index (κ1) is 16.5. The van der Waals surface area contributed by atoms with Gasteiger partial charge < -0.3 is 19.8 Å². The fourth-order valence-electron chi connectivity index (χ4n) is 1.96. The van der Waals surface area contributed by atoms with Crippen molar-refractivity contribution in [3.8, 4) is 5.75 Å². The number of rotatable bonds is 10. The predicted octanol–water partition coefficient (Wildman–Crippen LogP) is 1.40. The summed E-state index contributed by atoms with van der Waals surface area (Å²) in [5.41, 5.74) is 1.19. The van der Waals surface area contributed by atoms with E-state index in [0.29, 0.717) is 13.0 Å². The highest BCUT2D eigenvalue weighted by Crippen LogP contribution is 2.12. The molecular weight excluding hydrogens is 258 g/mol. The molecule has 0 aliphatic rings. The molecule has 0 heterocycles. The summed E-state index contributed by atoms with van der Waals surface area (Å²) in [6.45, 7) is 2.16. The monoisotopic (exact) mass is 281 g/mol. The van der Waals surface area contributed by atoms with Crippen LogP contribution in [0.1, 0.15) is 18.4 Å². The van der Waals surface area contributed by atoms with Gasteiger partial charge in [0.05, 0.1) is 13.5 Å². The number of methoxy groups -OCH3 is 1. The van der Waals surface area contributed by atoms with Gasteiger partial charge in [0, 0.05) is 26.2 Å². The lowest BCUT2D eigenvalue weighted by atomic mass is 10.1. The molecule has 0 bridgehead atoms. The maximum atomic E-state index is 10.6. The zero-order chi connectivity index (χ0) is 14.8. The Labute approximate surface area is 119 Å². The maximum Gasteiger partial charge on any atom is 0.304 e. The van der Waals surface area contributed by atoms with Crippen molar-refractivity contribution in [1.82, 2.24) is 4.90 Å². The molecule has 0 saturated heterocycles. The van der Waals surface area contributed by atoms with Crippen LogP contribution in [0.3, 0.4) is 0 Å². The number of hydrogen-bond acceptors (Lipinski definition) is 4. The minimum atomic E-state index is -0.788. The van der Waals surface area contributed by atoms with E-state index in [-0.39, 0.29) is 13.0 Å². The van der Waals surface area contributed by atoms with E-state index in [9.17, 15) is 4.79 Å². The normalized spacial score (nSPS) is 10.8. The summed E-state index contributed by atoms with van der Waals surface area (Å²) in [6, 6.07) is 7.87. The highest BCUT2D eigenvalue weighted by Gasteiger charge is 2.07. The van der Waals surface area contributed by atoms with Gasteiger partial charge in [0.2, 0.25) is 0 Å². The number of carboxylic acid groups (broad SMARTS) is 1. The number of carboxylic acids is 1. The minimum absolute atomic E-state index is 0.131. The first-order valence-electron chi connectivity index (χ1n) is 6.83. The Balaban J connectivity index is 2.44. The Hall–Kier alpha value is -1.59. The van der Waals surface area contributed by atoms with Crippen LogP contribution in [0.4, 0.5) is 0 Å². The summed E-state index contributed by atoms with van der Waals surface area (Å²) in [5.74, 6) is 0.0419. The average molecular weight is 281 g/mol. The summed E-state index contributed by atoms with van der Waals surface area (Å²) >= 11 is 0. The highest BCUT2D eigenvalue weighted by atomic mass is 16.5. The fraction of sp³-hybridized carbons (Fsp3) is 0.533. The number of aliphatic carboxylic acids is 1. The first-order chi connectivity index (χ1) is 9.65. The Morgan fingerprint density at radius 3 is 2.45 bits per heavy atom. The number of aliphatic hydroxyl groups is 1. The van der Waals surface area contributed by atoms with E-state index in [1.165, 1.54) is 5.56 Å². The smallest absolute Gasteiger partial charge is 0.304 e. The van der Waals surface area contributed by atoms with Crippen molar-refractivity contribution >= 4 is 5.97 Å². The van der Waals surface area contributed by atoms with Crippen molar-refractivity contribution in [2.24, 2.45) is 0 Å². The lowest BCUT2D eigenvalue weighted by Crippen LogP contribution is -2.30. The van der Waals surface area contributed by atoms with Crippen LogP contribution in [0.2, 0.25) is 0 Å². The predicted molar refractivity (Wildman–Crippen MR) is 77.1 cm³/mol. The van der Waals surface area contributed by atoms with E-state index in [1.54, 1.807) is 7.11 Å². The van der Waals surface area contributed by atoms with Crippen LogP contribution in [0.25, 0.3) is 0 Å². The summed E-state index contributed by atoms with van der Waals surface area (Å²) in [6.07, 6.45) is 1.66. The molecule has 0 aromatic heterocycles. The van der Waals surface area contributed by atoms with Gasteiger partial charge in [-0.2, -0.15) is 0 Å². The van der Waals surface area contributed by atoms with E-state index < -0.39 is 5.97 Å². The summed E-state index contributed by atoms with van der Waals surface area (Å²) in [5, 5.41) is 17.6. The van der Waals surface area contributed by atoms with Crippen LogP contribution in [0.5, 0.6) is 5.75 Å². The molecule has 0 unspecified atom stereocenters. The molecule has 112 valence electrons. The number of hydrogen-bond donors (Lipinski definition) is 2. The van der Waals surface area contributed by atoms with Gasteiger partial charge in [0.1, 0.15) is 5.75 Å². The van der Waals surface area contributed by atoms with Gasteiger partial charge in [-0.05, 0) is 30.5 Å². The molecule has 0 aliphatic carbocycles. The van der Waals surface area contributed by atoms with Crippen molar-refractivity contribution in [2.75, 3.05) is 33.4 Å². The largest absolute Gasteiger partial charge is 0.497 e. The van der Waals surface area contributed by atoms with E-state index in [2.05, 4.69) is 4.90 Å². The van der Waals surface area contributed by atoms with Crippen molar-refractivity contribution in [2.45, 2.75) is 19.3 Å². The molecule has 0 spiro atoms. The third kappa shape index (κ3) is 6.54. The summed E-state index contributed by atoms with van der Waals surface area (Å²) in [4.78, 5) is 12.7. The molecular formula is C15H23NO4. The topological polar surface area (TPSA) is 70.0 Å². The van der Waals surface area contributed by atoms with Crippen molar-refractivity contribution in [3.05, 3.63) is 29.8 Å². The van der Waals surface area contributed by atoms with Crippen molar-refractivity contribution in [1.29, 1.82) is 0 Å². The molecule has 5 heteroatoms. The molecule has 0 aliphatic heterocycles. The number of ether oxygens (including phenoxy) is 1. The molecule has 5 nitrogen and oxygen atoms in total. The van der Waals surface area contributed by atoms with Gasteiger partial charge in [-0.3, -0.25) is 4.79 Å². The Kier molecular flexibility index (Phi) is 7.69. The Morgan fingerprint density at radius 2 is 1.90 bits per heavy atom. The summed E-state index contributed by atoms with van der Waals surface area (Å²) in [7, 11) is 1.64. The zero-order valence-electron chi connectivity index (χ0n) is 11.9. The second-order valence-electron chi connectivity index (χ2n) is 4.66. The van der Waals surface area contributed by atoms with Gasteiger partial charge in [0.15, 0.2) is 0 Å². The second kappa shape index (κ2) is 9.34. The lowest BCUT2D eigenvalue weighted by Gasteiger charge is -2.21. The molecule has 0 atom stereocenters. The van der Waals surface area contributed by atoms with Gasteiger partial charge in [0.25, 0.3) is 0 Å².